The number of ether oxygens (including phenoxy) is 2. The third-order valence-electron chi connectivity index (χ3n) is 3.25. The Bertz CT molecular complexity index is 659. The average molecular weight is 342 g/mol. The van der Waals surface area contributed by atoms with Crippen molar-refractivity contribution in [3.63, 3.8) is 0 Å². The van der Waals surface area contributed by atoms with E-state index in [2.05, 4.69) is 0 Å². The van der Waals surface area contributed by atoms with Crippen LogP contribution in [0.5, 0.6) is 11.5 Å². The molecule has 0 aliphatic heterocycles. The maximum Gasteiger partial charge on any atom is 0.353 e. The van der Waals surface area contributed by atoms with Crippen molar-refractivity contribution in [2.75, 3.05) is 19.9 Å². The molecule has 0 heterocycles. The van der Waals surface area contributed by atoms with Crippen molar-refractivity contribution in [1.29, 1.82) is 0 Å². The van der Waals surface area contributed by atoms with Gasteiger partial charge in [-0.25, -0.2) is 0 Å². The van der Waals surface area contributed by atoms with E-state index in [0.717, 1.165) is 11.5 Å². The molecule has 6 heteroatoms. The van der Waals surface area contributed by atoms with E-state index in [1.807, 2.05) is 13.8 Å². The maximum absolute atomic E-state index is 11.9. The van der Waals surface area contributed by atoms with Crippen LogP contribution in [0.4, 0.5) is 0 Å². The number of rotatable bonds is 8. The highest BCUT2D eigenvalue weighted by molar-refractivity contribution is 5.76. The molecule has 2 aromatic carbocycles. The third-order valence-corrected chi connectivity index (χ3v) is 3.25. The standard InChI is InChI=1S/C19H22N2O4/c1-3-24-18-9-5-16(6-10-18)13-20(22)15-21(23)14-17-7-11-19(12-8-17)25-4-2/h5-14H,3-4,15H2,1-2H3/b20-13-,21-14-. The van der Waals surface area contributed by atoms with E-state index < -0.39 is 0 Å². The van der Waals surface area contributed by atoms with E-state index in [1.165, 1.54) is 12.4 Å². The molecule has 2 aromatic rings. The average Bonchev–Trinajstić information content (AvgIpc) is 2.59. The fraction of sp³-hybridized carbons (Fsp3) is 0.263. The highest BCUT2D eigenvalue weighted by atomic mass is 16.5. The van der Waals surface area contributed by atoms with Gasteiger partial charge in [0.2, 0.25) is 0 Å². The van der Waals surface area contributed by atoms with Crippen LogP contribution in [0.1, 0.15) is 25.0 Å². The molecule has 0 aromatic heterocycles. The van der Waals surface area contributed by atoms with Gasteiger partial charge in [0.15, 0.2) is 12.4 Å². The molecule has 132 valence electrons. The maximum atomic E-state index is 11.9. The van der Waals surface area contributed by atoms with Gasteiger partial charge >= 0.3 is 6.67 Å². The third kappa shape index (κ3) is 6.18. The van der Waals surface area contributed by atoms with E-state index in [0.29, 0.717) is 33.8 Å². The lowest BCUT2D eigenvalue weighted by Gasteiger charge is -2.06. The second-order valence-electron chi connectivity index (χ2n) is 5.24. The minimum atomic E-state index is -0.319. The van der Waals surface area contributed by atoms with E-state index >= 15 is 0 Å². The summed E-state index contributed by atoms with van der Waals surface area (Å²) in [6.45, 7) is 4.67. The van der Waals surface area contributed by atoms with Gasteiger partial charge in [-0.2, -0.15) is 0 Å². The van der Waals surface area contributed by atoms with Crippen LogP contribution in [0, 0.1) is 10.4 Å². The van der Waals surface area contributed by atoms with Gasteiger partial charge in [0.05, 0.1) is 13.2 Å². The molecule has 0 aliphatic rings. The van der Waals surface area contributed by atoms with Crippen LogP contribution in [0.25, 0.3) is 0 Å². The van der Waals surface area contributed by atoms with Crippen LogP contribution < -0.4 is 9.47 Å². The molecule has 0 N–H and O–H groups in total. The Balaban J connectivity index is 1.99. The lowest BCUT2D eigenvalue weighted by molar-refractivity contribution is -0.664. The highest BCUT2D eigenvalue weighted by Gasteiger charge is 2.03. The van der Waals surface area contributed by atoms with Crippen molar-refractivity contribution in [3.05, 3.63) is 70.1 Å². The van der Waals surface area contributed by atoms with Gasteiger partial charge in [-0.15, -0.1) is 9.48 Å². The molecule has 0 radical (unpaired) electrons. The quantitative estimate of drug-likeness (QED) is 0.243. The van der Waals surface area contributed by atoms with Crippen molar-refractivity contribution in [2.24, 2.45) is 0 Å². The van der Waals surface area contributed by atoms with Crippen molar-refractivity contribution in [2.45, 2.75) is 13.8 Å². The van der Waals surface area contributed by atoms with E-state index in [-0.39, 0.29) is 6.67 Å². The van der Waals surface area contributed by atoms with Gasteiger partial charge in [-0.05, 0) is 62.4 Å². The van der Waals surface area contributed by atoms with Crippen molar-refractivity contribution >= 4 is 12.4 Å². The van der Waals surface area contributed by atoms with Gasteiger partial charge in [0, 0.05) is 11.1 Å². The molecule has 0 saturated carbocycles. The Morgan fingerprint density at radius 1 is 0.720 bits per heavy atom. The Morgan fingerprint density at radius 3 is 1.40 bits per heavy atom. The molecule has 0 saturated heterocycles. The first kappa shape index (κ1) is 18.3. The first-order valence-corrected chi connectivity index (χ1v) is 8.13. The molecule has 0 aliphatic carbocycles. The lowest BCUT2D eigenvalue weighted by Crippen LogP contribution is -2.18. The minimum Gasteiger partial charge on any atom is -0.619 e. The van der Waals surface area contributed by atoms with E-state index in [4.69, 9.17) is 9.47 Å². The molecule has 0 fully saturated rings. The summed E-state index contributed by atoms with van der Waals surface area (Å²) in [5, 5.41) is 23.8. The summed E-state index contributed by atoms with van der Waals surface area (Å²) >= 11 is 0. The summed E-state index contributed by atoms with van der Waals surface area (Å²) in [7, 11) is 0. The van der Waals surface area contributed by atoms with Crippen LogP contribution >= 0.6 is 0 Å². The molecular weight excluding hydrogens is 320 g/mol. The molecule has 0 spiro atoms. The smallest absolute Gasteiger partial charge is 0.353 e. The molecule has 2 rings (SSSR count). The van der Waals surface area contributed by atoms with Gasteiger partial charge in [-0.1, -0.05) is 0 Å². The Hall–Kier alpha value is -3.02. The van der Waals surface area contributed by atoms with Crippen LogP contribution in [0.15, 0.2) is 48.5 Å². The predicted molar refractivity (Wildman–Crippen MR) is 97.7 cm³/mol. The zero-order chi connectivity index (χ0) is 18.1. The van der Waals surface area contributed by atoms with Gasteiger partial charge in [-0.3, -0.25) is 0 Å². The molecule has 0 bridgehead atoms. The van der Waals surface area contributed by atoms with Crippen LogP contribution in [-0.2, 0) is 0 Å². The van der Waals surface area contributed by atoms with Crippen molar-refractivity contribution < 1.29 is 19.0 Å². The second kappa shape index (κ2) is 9.32. The van der Waals surface area contributed by atoms with Gasteiger partial charge in [0.1, 0.15) is 11.5 Å². The SMILES string of the molecule is CCOc1ccc(/C=[N+](\[O-])C/[N+]([O-])=C/c2ccc(OCC)cc2)cc1. The summed E-state index contributed by atoms with van der Waals surface area (Å²) < 4.78 is 11.9. The molecule has 0 amide bonds. The Labute approximate surface area is 147 Å². The fourth-order valence-corrected chi connectivity index (χ4v) is 2.19. The number of nitrogens with zero attached hydrogens (tertiary/aromatic N) is 2. The van der Waals surface area contributed by atoms with E-state index in [1.54, 1.807) is 48.5 Å². The highest BCUT2D eigenvalue weighted by Crippen LogP contribution is 2.11. The largest absolute Gasteiger partial charge is 0.619 e. The summed E-state index contributed by atoms with van der Waals surface area (Å²) in [5.74, 6) is 1.48. The molecule has 0 atom stereocenters. The van der Waals surface area contributed by atoms with Crippen molar-refractivity contribution in [1.82, 2.24) is 0 Å². The van der Waals surface area contributed by atoms with Gasteiger partial charge in [0.25, 0.3) is 0 Å². The summed E-state index contributed by atoms with van der Waals surface area (Å²) in [4.78, 5) is 0. The molecule has 6 nitrogen and oxygen atoms in total. The second-order valence-corrected chi connectivity index (χ2v) is 5.24. The number of hydrogen-bond donors (Lipinski definition) is 0. The zero-order valence-electron chi connectivity index (χ0n) is 14.4. The Kier molecular flexibility index (Phi) is 6.83. The molecule has 25 heavy (non-hydrogen) atoms. The fourth-order valence-electron chi connectivity index (χ4n) is 2.19. The van der Waals surface area contributed by atoms with Gasteiger partial charge < -0.3 is 19.9 Å². The normalized spacial score (nSPS) is 12.1. The monoisotopic (exact) mass is 342 g/mol. The minimum absolute atomic E-state index is 0.319. The van der Waals surface area contributed by atoms with E-state index in [9.17, 15) is 10.4 Å². The predicted octanol–water partition coefficient (Wildman–Crippen LogP) is 3.00. The first-order valence-electron chi connectivity index (χ1n) is 8.13. The zero-order valence-corrected chi connectivity index (χ0v) is 14.4. The summed E-state index contributed by atoms with van der Waals surface area (Å²) in [6, 6.07) is 14.2. The summed E-state index contributed by atoms with van der Waals surface area (Å²) in [6.07, 6.45) is 2.74. The number of benzene rings is 2. The first-order chi connectivity index (χ1) is 12.1. The van der Waals surface area contributed by atoms with Crippen LogP contribution in [0.2, 0.25) is 0 Å². The Morgan fingerprint density at radius 2 is 1.08 bits per heavy atom. The van der Waals surface area contributed by atoms with Crippen LogP contribution in [0.3, 0.4) is 0 Å². The lowest BCUT2D eigenvalue weighted by atomic mass is 10.2. The molecule has 0 unspecified atom stereocenters. The topological polar surface area (TPSA) is 70.6 Å². The number of hydrogen-bond acceptors (Lipinski definition) is 4. The summed E-state index contributed by atoms with van der Waals surface area (Å²) in [5.41, 5.74) is 1.40. The van der Waals surface area contributed by atoms with Crippen LogP contribution in [-0.4, -0.2) is 41.8 Å². The number of hydroxylamine groups is 2. The van der Waals surface area contributed by atoms with Crippen molar-refractivity contribution in [3.8, 4) is 11.5 Å². The molecular formula is C19H22N2O4.